The summed E-state index contributed by atoms with van der Waals surface area (Å²) in [7, 11) is -4.76. The minimum absolute atomic E-state index is 0.0867. The van der Waals surface area contributed by atoms with Crippen molar-refractivity contribution in [2.24, 2.45) is 25.6 Å². The van der Waals surface area contributed by atoms with E-state index < -0.39 is 26.8 Å². The molecule has 0 spiro atoms. The van der Waals surface area contributed by atoms with Crippen molar-refractivity contribution in [3.63, 3.8) is 0 Å². The number of aryl methyl sites for hydroxylation is 1. The topological polar surface area (TPSA) is 235 Å². The van der Waals surface area contributed by atoms with Gasteiger partial charge in [0.1, 0.15) is 21.8 Å². The Bertz CT molecular complexity index is 2140. The fourth-order valence-corrected chi connectivity index (χ4v) is 4.87. The number of carboxylic acid groups (broad SMARTS) is 1. The average Bonchev–Trinajstić information content (AvgIpc) is 3.04. The van der Waals surface area contributed by atoms with Crippen molar-refractivity contribution in [3.8, 4) is 11.1 Å². The number of hydrogen-bond acceptors (Lipinski definition) is 12. The highest BCUT2D eigenvalue weighted by Crippen LogP contribution is 2.43. The van der Waals surface area contributed by atoms with E-state index in [9.17, 15) is 22.6 Å². The predicted octanol–water partition coefficient (Wildman–Crippen LogP) is 6.82. The van der Waals surface area contributed by atoms with Gasteiger partial charge in [0.15, 0.2) is 5.78 Å². The number of nitrogens with one attached hydrogen (secondary N) is 1. The van der Waals surface area contributed by atoms with Crippen LogP contribution in [0.2, 0.25) is 0 Å². The first kappa shape index (κ1) is 32.1. The third-order valence-electron chi connectivity index (χ3n) is 6.76. The Morgan fingerprint density at radius 2 is 1.36 bits per heavy atom. The summed E-state index contributed by atoms with van der Waals surface area (Å²) in [6.45, 7) is 1.91. The molecule has 0 atom stereocenters. The second-order valence-electron chi connectivity index (χ2n) is 10.1. The molecule has 0 fully saturated rings. The number of ketones is 1. The molecule has 0 saturated carbocycles. The molecule has 4 aromatic rings. The average molecular weight is 651 g/mol. The van der Waals surface area contributed by atoms with Gasteiger partial charge in [-0.1, -0.05) is 42.0 Å². The molecular weight excluding hydrogens is 624 g/mol. The molecule has 0 saturated heterocycles. The van der Waals surface area contributed by atoms with E-state index in [0.29, 0.717) is 17.1 Å². The van der Waals surface area contributed by atoms with Crippen LogP contribution in [0.4, 0.5) is 39.8 Å². The first-order valence-corrected chi connectivity index (χ1v) is 15.1. The largest absolute Gasteiger partial charge is 0.478 e. The van der Waals surface area contributed by atoms with Crippen molar-refractivity contribution in [1.29, 1.82) is 0 Å². The molecule has 236 valence electrons. The lowest BCUT2D eigenvalue weighted by molar-refractivity contribution is -0.134. The Balaban J connectivity index is 1.33. The van der Waals surface area contributed by atoms with Gasteiger partial charge >= 0.3 is 5.97 Å². The number of nitrogens with two attached hydrogens (primary N) is 2. The SMILES string of the molecule is Cc1ccc(N=Nc2c(N)c(N=Nc3ccc(-c4ccc(N/N=C5\C=CC(=O)C(C(=O)O)=C5)cc4)cc3)cc(S(=O)(=O)O)c2N)cc1. The molecule has 0 aliphatic heterocycles. The molecule has 1 aliphatic carbocycles. The zero-order chi connectivity index (χ0) is 33.7. The first-order chi connectivity index (χ1) is 22.4. The van der Waals surface area contributed by atoms with Crippen molar-refractivity contribution in [2.45, 2.75) is 11.8 Å². The zero-order valence-electron chi connectivity index (χ0n) is 24.6. The summed E-state index contributed by atoms with van der Waals surface area (Å²) in [4.78, 5) is 22.2. The quantitative estimate of drug-likeness (QED) is 0.0318. The van der Waals surface area contributed by atoms with Crippen molar-refractivity contribution < 1.29 is 27.7 Å². The zero-order valence-corrected chi connectivity index (χ0v) is 25.4. The molecule has 0 radical (unpaired) electrons. The Kier molecular flexibility index (Phi) is 9.11. The van der Waals surface area contributed by atoms with Crippen LogP contribution in [0.3, 0.4) is 0 Å². The number of carbonyl (C=O) groups is 2. The Morgan fingerprint density at radius 3 is 1.96 bits per heavy atom. The highest BCUT2D eigenvalue weighted by atomic mass is 32.2. The number of carboxylic acids is 1. The van der Waals surface area contributed by atoms with Crippen LogP contribution in [0.25, 0.3) is 11.1 Å². The first-order valence-electron chi connectivity index (χ1n) is 13.7. The Labute approximate surface area is 268 Å². The molecule has 1 aliphatic rings. The number of azo groups is 2. The lowest BCUT2D eigenvalue weighted by Gasteiger charge is -2.10. The molecule has 0 amide bonds. The van der Waals surface area contributed by atoms with Crippen LogP contribution in [0.5, 0.6) is 0 Å². The molecular formula is C32H26N8O6S. The van der Waals surface area contributed by atoms with Crippen LogP contribution >= 0.6 is 0 Å². The standard InChI is InChI=1S/C32H26N8O6S/c1-18-2-8-21(9-3-18)37-40-31-29(33)26(17-28(30(31)34)47(44,45)46)39-36-23-12-6-20(7-13-23)19-4-10-22(11-5-19)35-38-24-14-15-27(41)25(16-24)32(42)43/h2-17,35H,33-34H2,1H3,(H,42,43)(H,44,45,46)/b38-24+,39-36?,40-37?. The summed E-state index contributed by atoms with van der Waals surface area (Å²) < 4.78 is 33.8. The van der Waals surface area contributed by atoms with Gasteiger partial charge in [0.25, 0.3) is 10.1 Å². The molecule has 4 aromatic carbocycles. The maximum absolute atomic E-state index is 12.0. The van der Waals surface area contributed by atoms with Crippen molar-refractivity contribution in [3.05, 3.63) is 108 Å². The number of carbonyl (C=O) groups excluding carboxylic acids is 1. The molecule has 0 unspecified atom stereocenters. The number of aliphatic carboxylic acids is 1. The van der Waals surface area contributed by atoms with Gasteiger partial charge in [-0.15, -0.1) is 10.2 Å². The van der Waals surface area contributed by atoms with Crippen molar-refractivity contribution >= 4 is 67.4 Å². The van der Waals surface area contributed by atoms with Gasteiger partial charge in [0.05, 0.1) is 34.1 Å². The summed E-state index contributed by atoms with van der Waals surface area (Å²) in [5.41, 5.74) is 18.5. The normalized spacial score (nSPS) is 14.2. The summed E-state index contributed by atoms with van der Waals surface area (Å²) >= 11 is 0. The molecule has 14 nitrogen and oxygen atoms in total. The predicted molar refractivity (Wildman–Crippen MR) is 177 cm³/mol. The number of anilines is 3. The van der Waals surface area contributed by atoms with E-state index in [1.54, 1.807) is 48.5 Å². The molecule has 15 heteroatoms. The molecule has 47 heavy (non-hydrogen) atoms. The maximum Gasteiger partial charge on any atom is 0.339 e. The number of nitrogen functional groups attached to an aromatic ring is 2. The summed E-state index contributed by atoms with van der Waals surface area (Å²) in [6, 6.07) is 22.3. The Hall–Kier alpha value is -6.32. The van der Waals surface area contributed by atoms with E-state index in [0.717, 1.165) is 28.8 Å². The highest BCUT2D eigenvalue weighted by molar-refractivity contribution is 7.86. The van der Waals surface area contributed by atoms with Crippen molar-refractivity contribution in [2.75, 3.05) is 16.9 Å². The van der Waals surface area contributed by atoms with Gasteiger partial charge in [0, 0.05) is 0 Å². The second kappa shape index (κ2) is 13.4. The van der Waals surface area contributed by atoms with E-state index in [4.69, 9.17) is 16.6 Å². The van der Waals surface area contributed by atoms with E-state index in [2.05, 4.69) is 31.0 Å². The van der Waals surface area contributed by atoms with Crippen LogP contribution in [0.1, 0.15) is 5.56 Å². The summed E-state index contributed by atoms with van der Waals surface area (Å²) in [6.07, 6.45) is 3.76. The van der Waals surface area contributed by atoms with Crippen LogP contribution in [0.15, 0.2) is 133 Å². The summed E-state index contributed by atoms with van der Waals surface area (Å²) in [5, 5.41) is 29.6. The lowest BCUT2D eigenvalue weighted by atomic mass is 10.0. The minimum atomic E-state index is -4.76. The maximum atomic E-state index is 12.0. The third-order valence-corrected chi connectivity index (χ3v) is 7.66. The van der Waals surface area contributed by atoms with E-state index in [1.807, 2.05) is 31.2 Å². The van der Waals surface area contributed by atoms with Crippen molar-refractivity contribution in [1.82, 2.24) is 0 Å². The van der Waals surface area contributed by atoms with Gasteiger partial charge in [-0.25, -0.2) is 4.79 Å². The molecule has 0 bridgehead atoms. The van der Waals surface area contributed by atoms with Gasteiger partial charge in [0.2, 0.25) is 0 Å². The van der Waals surface area contributed by atoms with Crippen LogP contribution in [0, 0.1) is 6.92 Å². The number of nitrogens with zero attached hydrogens (tertiary/aromatic N) is 5. The van der Waals surface area contributed by atoms with E-state index in [-0.39, 0.29) is 34.0 Å². The molecule has 0 heterocycles. The highest BCUT2D eigenvalue weighted by Gasteiger charge is 2.22. The second-order valence-corrected chi connectivity index (χ2v) is 11.5. The minimum Gasteiger partial charge on any atom is -0.478 e. The van der Waals surface area contributed by atoms with Gasteiger partial charge in [-0.3, -0.25) is 14.8 Å². The smallest absolute Gasteiger partial charge is 0.339 e. The van der Waals surface area contributed by atoms with Gasteiger partial charge < -0.3 is 16.6 Å². The van der Waals surface area contributed by atoms with Crippen LogP contribution < -0.4 is 16.9 Å². The fourth-order valence-electron chi connectivity index (χ4n) is 4.24. The number of allylic oxidation sites excluding steroid dienone is 3. The number of benzene rings is 4. The summed E-state index contributed by atoms with van der Waals surface area (Å²) in [5.74, 6) is -1.92. The van der Waals surface area contributed by atoms with E-state index in [1.165, 1.54) is 12.2 Å². The van der Waals surface area contributed by atoms with Crippen LogP contribution in [-0.2, 0) is 19.7 Å². The molecule has 7 N–H and O–H groups in total. The van der Waals surface area contributed by atoms with Gasteiger partial charge in [-0.2, -0.15) is 23.7 Å². The van der Waals surface area contributed by atoms with E-state index >= 15 is 0 Å². The fraction of sp³-hybridized carbons (Fsp3) is 0.0312. The Morgan fingerprint density at radius 1 is 0.787 bits per heavy atom. The van der Waals surface area contributed by atoms with Crippen LogP contribution in [-0.4, -0.2) is 35.5 Å². The molecule has 5 rings (SSSR count). The monoisotopic (exact) mass is 650 g/mol. The molecule has 0 aromatic heterocycles. The number of hydrogen-bond donors (Lipinski definition) is 5. The number of hydrazone groups is 1. The lowest BCUT2D eigenvalue weighted by Crippen LogP contribution is -2.15. The van der Waals surface area contributed by atoms with Gasteiger partial charge in [-0.05, 0) is 78.7 Å². The number of rotatable bonds is 9. The third kappa shape index (κ3) is 7.67.